The molecule has 1 heterocycles. The summed E-state index contributed by atoms with van der Waals surface area (Å²) in [5, 5.41) is 0.457. The first kappa shape index (κ1) is 14.9. The van der Waals surface area contributed by atoms with E-state index in [1.807, 2.05) is 0 Å². The lowest BCUT2D eigenvalue weighted by Crippen LogP contribution is -2.25. The van der Waals surface area contributed by atoms with Crippen LogP contribution < -0.4 is 4.74 Å². The molecule has 0 spiro atoms. The second-order valence-corrected chi connectivity index (χ2v) is 4.25. The minimum absolute atomic E-state index is 0.162. The van der Waals surface area contributed by atoms with Crippen LogP contribution in [-0.2, 0) is 0 Å². The van der Waals surface area contributed by atoms with E-state index in [0.717, 1.165) is 0 Å². The molecule has 1 aromatic heterocycles. The van der Waals surface area contributed by atoms with Gasteiger partial charge in [-0.15, -0.1) is 6.42 Å². The van der Waals surface area contributed by atoms with Crippen LogP contribution in [0.5, 0.6) is 5.88 Å². The molecule has 0 aliphatic carbocycles. The maximum atomic E-state index is 12.7. The van der Waals surface area contributed by atoms with Gasteiger partial charge in [0.2, 0.25) is 5.88 Å². The predicted octanol–water partition coefficient (Wildman–Crippen LogP) is 3.30. The molecule has 0 bridgehead atoms. The maximum absolute atomic E-state index is 12.7. The van der Waals surface area contributed by atoms with Crippen molar-refractivity contribution < 1.29 is 22.7 Å². The van der Waals surface area contributed by atoms with E-state index in [4.69, 9.17) is 11.2 Å². The standard InChI is InChI=1S/C15H10F3NO2/c1-3-8-21-14-12(13(20)15(16,17)18)9(2)10-6-4-5-7-11(10)19-14/h1,4-7H,8H2,2H3. The van der Waals surface area contributed by atoms with Gasteiger partial charge in [-0.05, 0) is 18.6 Å². The van der Waals surface area contributed by atoms with Gasteiger partial charge in [0.1, 0.15) is 0 Å². The van der Waals surface area contributed by atoms with E-state index < -0.39 is 23.4 Å². The second-order valence-electron chi connectivity index (χ2n) is 4.25. The molecule has 21 heavy (non-hydrogen) atoms. The Morgan fingerprint density at radius 2 is 2.05 bits per heavy atom. The number of fused-ring (bicyclic) bond motifs is 1. The maximum Gasteiger partial charge on any atom is 0.455 e. The van der Waals surface area contributed by atoms with Crippen LogP contribution in [0.15, 0.2) is 24.3 Å². The molecule has 0 aliphatic rings. The van der Waals surface area contributed by atoms with Crippen molar-refractivity contribution in [2.45, 2.75) is 13.1 Å². The van der Waals surface area contributed by atoms with Crippen LogP contribution in [0.1, 0.15) is 15.9 Å². The van der Waals surface area contributed by atoms with Crippen molar-refractivity contribution in [2.75, 3.05) is 6.61 Å². The van der Waals surface area contributed by atoms with Gasteiger partial charge in [0, 0.05) is 5.39 Å². The number of halogens is 3. The van der Waals surface area contributed by atoms with Crippen LogP contribution in [0.2, 0.25) is 0 Å². The van der Waals surface area contributed by atoms with E-state index in [1.165, 1.54) is 6.92 Å². The van der Waals surface area contributed by atoms with Gasteiger partial charge in [0.25, 0.3) is 5.78 Å². The number of Topliss-reactive ketones (excluding diaryl/α,β-unsaturated/α-hetero) is 1. The molecule has 0 saturated heterocycles. The van der Waals surface area contributed by atoms with Gasteiger partial charge in [-0.3, -0.25) is 4.79 Å². The van der Waals surface area contributed by atoms with Gasteiger partial charge in [-0.1, -0.05) is 24.1 Å². The number of terminal acetylenes is 1. The van der Waals surface area contributed by atoms with E-state index in [2.05, 4.69) is 10.9 Å². The van der Waals surface area contributed by atoms with Gasteiger partial charge in [-0.2, -0.15) is 13.2 Å². The molecule has 0 saturated carbocycles. The zero-order valence-corrected chi connectivity index (χ0v) is 11.0. The number of nitrogens with zero attached hydrogens (tertiary/aromatic N) is 1. The first-order valence-corrected chi connectivity index (χ1v) is 5.93. The average Bonchev–Trinajstić information content (AvgIpc) is 2.43. The zero-order chi connectivity index (χ0) is 15.6. The van der Waals surface area contributed by atoms with Crippen molar-refractivity contribution in [3.05, 3.63) is 35.4 Å². The van der Waals surface area contributed by atoms with Gasteiger partial charge < -0.3 is 4.74 Å². The molecule has 0 fully saturated rings. The number of hydrogen-bond acceptors (Lipinski definition) is 3. The summed E-state index contributed by atoms with van der Waals surface area (Å²) in [6.07, 6.45) is 0.0183. The molecule has 6 heteroatoms. The van der Waals surface area contributed by atoms with Crippen LogP contribution in [-0.4, -0.2) is 23.6 Å². The molecular weight excluding hydrogens is 283 g/mol. The number of aryl methyl sites for hydroxylation is 1. The molecule has 0 unspecified atom stereocenters. The van der Waals surface area contributed by atoms with Crippen molar-refractivity contribution in [3.63, 3.8) is 0 Å². The lowest BCUT2D eigenvalue weighted by atomic mass is 10.0. The predicted molar refractivity (Wildman–Crippen MR) is 71.2 cm³/mol. The van der Waals surface area contributed by atoms with Gasteiger partial charge in [0.05, 0.1) is 11.1 Å². The van der Waals surface area contributed by atoms with Crippen molar-refractivity contribution in [1.82, 2.24) is 4.98 Å². The summed E-state index contributed by atoms with van der Waals surface area (Å²) in [5.74, 6) is -0.258. The van der Waals surface area contributed by atoms with E-state index in [9.17, 15) is 18.0 Å². The Labute approximate surface area is 118 Å². The second kappa shape index (κ2) is 5.44. The Morgan fingerprint density at radius 3 is 2.67 bits per heavy atom. The molecule has 0 aliphatic heterocycles. The smallest absolute Gasteiger partial charge is 0.455 e. The summed E-state index contributed by atoms with van der Waals surface area (Å²) in [6, 6.07) is 6.55. The number of ketones is 1. The van der Waals surface area contributed by atoms with E-state index >= 15 is 0 Å². The Balaban J connectivity index is 2.73. The minimum Gasteiger partial charge on any atom is -0.464 e. The summed E-state index contributed by atoms with van der Waals surface area (Å²) < 4.78 is 43.3. The summed E-state index contributed by atoms with van der Waals surface area (Å²) in [7, 11) is 0. The van der Waals surface area contributed by atoms with Gasteiger partial charge in [0.15, 0.2) is 6.61 Å². The van der Waals surface area contributed by atoms with Crippen molar-refractivity contribution >= 4 is 16.7 Å². The van der Waals surface area contributed by atoms with Crippen molar-refractivity contribution in [3.8, 4) is 18.2 Å². The quantitative estimate of drug-likeness (QED) is 0.644. The number of pyridine rings is 1. The van der Waals surface area contributed by atoms with Gasteiger partial charge in [-0.25, -0.2) is 4.98 Å². The Hall–Kier alpha value is -2.55. The molecule has 0 atom stereocenters. The summed E-state index contributed by atoms with van der Waals surface area (Å²) in [4.78, 5) is 15.6. The van der Waals surface area contributed by atoms with Crippen molar-refractivity contribution in [1.29, 1.82) is 0 Å². The molecule has 2 rings (SSSR count). The Bertz CT molecular complexity index is 745. The summed E-state index contributed by atoms with van der Waals surface area (Å²) >= 11 is 0. The molecule has 2 aromatic rings. The van der Waals surface area contributed by atoms with E-state index in [-0.39, 0.29) is 12.2 Å². The zero-order valence-electron chi connectivity index (χ0n) is 11.0. The molecule has 0 radical (unpaired) electrons. The van der Waals surface area contributed by atoms with E-state index in [1.54, 1.807) is 24.3 Å². The fraction of sp³-hybridized carbons (Fsp3) is 0.200. The Morgan fingerprint density at radius 1 is 1.38 bits per heavy atom. The highest BCUT2D eigenvalue weighted by atomic mass is 19.4. The SMILES string of the molecule is C#CCOc1nc2ccccc2c(C)c1C(=O)C(F)(F)F. The summed E-state index contributed by atoms with van der Waals surface area (Å²) in [6.45, 7) is 1.15. The van der Waals surface area contributed by atoms with Crippen LogP contribution in [0.4, 0.5) is 13.2 Å². The minimum atomic E-state index is -5.01. The third-order valence-corrected chi connectivity index (χ3v) is 2.90. The molecule has 0 amide bonds. The number of hydrogen-bond donors (Lipinski definition) is 0. The summed E-state index contributed by atoms with van der Waals surface area (Å²) in [5.41, 5.74) is -0.00728. The first-order chi connectivity index (χ1) is 9.86. The third kappa shape index (κ3) is 2.82. The fourth-order valence-electron chi connectivity index (χ4n) is 1.97. The number of ether oxygens (including phenoxy) is 1. The average molecular weight is 293 g/mol. The number of rotatable bonds is 3. The van der Waals surface area contributed by atoms with Gasteiger partial charge >= 0.3 is 6.18 Å². The molecule has 3 nitrogen and oxygen atoms in total. The van der Waals surface area contributed by atoms with Crippen LogP contribution >= 0.6 is 0 Å². The van der Waals surface area contributed by atoms with Crippen LogP contribution in [0.25, 0.3) is 10.9 Å². The number of carbonyl (C=O) groups is 1. The highest BCUT2D eigenvalue weighted by molar-refractivity contribution is 6.06. The number of carbonyl (C=O) groups excluding carboxylic acids is 1. The molecule has 1 aromatic carbocycles. The number of benzene rings is 1. The largest absolute Gasteiger partial charge is 0.464 e. The third-order valence-electron chi connectivity index (χ3n) is 2.90. The van der Waals surface area contributed by atoms with Crippen LogP contribution in [0, 0.1) is 19.3 Å². The van der Waals surface area contributed by atoms with Crippen molar-refractivity contribution in [2.24, 2.45) is 0 Å². The fourth-order valence-corrected chi connectivity index (χ4v) is 1.97. The highest BCUT2D eigenvalue weighted by Crippen LogP contribution is 2.32. The normalized spacial score (nSPS) is 11.2. The number of alkyl halides is 3. The lowest BCUT2D eigenvalue weighted by molar-refractivity contribution is -0.0887. The van der Waals surface area contributed by atoms with Crippen LogP contribution in [0.3, 0.4) is 0 Å². The molecule has 0 N–H and O–H groups in total. The Kier molecular flexibility index (Phi) is 3.85. The monoisotopic (exact) mass is 293 g/mol. The number of aromatic nitrogens is 1. The number of para-hydroxylation sites is 1. The first-order valence-electron chi connectivity index (χ1n) is 5.93. The topological polar surface area (TPSA) is 39.2 Å². The molecular formula is C15H10F3NO2. The highest BCUT2D eigenvalue weighted by Gasteiger charge is 2.42. The molecule has 108 valence electrons. The van der Waals surface area contributed by atoms with E-state index in [0.29, 0.717) is 10.9 Å². The lowest BCUT2D eigenvalue weighted by Gasteiger charge is -2.14.